The van der Waals surface area contributed by atoms with Gasteiger partial charge >= 0.3 is 0 Å². The predicted molar refractivity (Wildman–Crippen MR) is 80.8 cm³/mol. The highest BCUT2D eigenvalue weighted by Gasteiger charge is 2.15. The van der Waals surface area contributed by atoms with Gasteiger partial charge in [0.2, 0.25) is 0 Å². The van der Waals surface area contributed by atoms with E-state index < -0.39 is 11.2 Å². The zero-order valence-corrected chi connectivity index (χ0v) is 11.5. The van der Waals surface area contributed by atoms with Crippen LogP contribution in [0.3, 0.4) is 0 Å². The average molecular weight is 296 g/mol. The van der Waals surface area contributed by atoms with Gasteiger partial charge in [0.15, 0.2) is 0 Å². The van der Waals surface area contributed by atoms with Crippen molar-refractivity contribution in [2.24, 2.45) is 4.99 Å². The van der Waals surface area contributed by atoms with Crippen molar-refractivity contribution in [3.05, 3.63) is 82.3 Å². The summed E-state index contributed by atoms with van der Waals surface area (Å²) in [5, 5.41) is 11.0. The highest BCUT2D eigenvalue weighted by Crippen LogP contribution is 2.27. The monoisotopic (exact) mass is 296 g/mol. The predicted octanol–water partition coefficient (Wildman–Crippen LogP) is 3.86. The van der Waals surface area contributed by atoms with E-state index in [0.717, 1.165) is 5.56 Å². The molecule has 0 unspecified atom stereocenters. The van der Waals surface area contributed by atoms with E-state index in [0.29, 0.717) is 11.3 Å². The Hall–Kier alpha value is -3.15. The zero-order chi connectivity index (χ0) is 15.4. The van der Waals surface area contributed by atoms with Gasteiger partial charge < -0.3 is 9.47 Å². The van der Waals surface area contributed by atoms with Crippen LogP contribution in [0.25, 0.3) is 0 Å². The molecular weight excluding hydrogens is 284 g/mol. The van der Waals surface area contributed by atoms with E-state index in [9.17, 15) is 10.1 Å². The molecule has 0 atom stereocenters. The SMILES string of the molecule is O=[N+]([O-])c1ccccc1C=Nc1cccc(C2OC=CO2)c1. The van der Waals surface area contributed by atoms with Gasteiger partial charge in [-0.25, -0.2) is 0 Å². The number of aliphatic imine (C=N–C) groups is 1. The summed E-state index contributed by atoms with van der Waals surface area (Å²) in [4.78, 5) is 14.8. The lowest BCUT2D eigenvalue weighted by molar-refractivity contribution is -0.385. The molecule has 0 bridgehead atoms. The first-order chi connectivity index (χ1) is 10.7. The van der Waals surface area contributed by atoms with Crippen LogP contribution in [0, 0.1) is 10.1 Å². The molecule has 0 fully saturated rings. The third kappa shape index (κ3) is 2.95. The quantitative estimate of drug-likeness (QED) is 0.488. The summed E-state index contributed by atoms with van der Waals surface area (Å²) in [5.41, 5.74) is 1.96. The second-order valence-electron chi connectivity index (χ2n) is 4.55. The molecule has 2 aromatic rings. The van der Waals surface area contributed by atoms with Crippen molar-refractivity contribution >= 4 is 17.6 Å². The number of para-hydroxylation sites is 1. The molecule has 0 aromatic heterocycles. The van der Waals surface area contributed by atoms with Gasteiger partial charge in [0.25, 0.3) is 12.0 Å². The molecule has 110 valence electrons. The van der Waals surface area contributed by atoms with E-state index in [1.165, 1.54) is 24.8 Å². The molecule has 0 saturated heterocycles. The summed E-state index contributed by atoms with van der Waals surface area (Å²) < 4.78 is 10.5. The smallest absolute Gasteiger partial charge is 0.278 e. The summed E-state index contributed by atoms with van der Waals surface area (Å²) in [7, 11) is 0. The summed E-state index contributed by atoms with van der Waals surface area (Å²) in [6, 6.07) is 13.8. The van der Waals surface area contributed by atoms with Crippen LogP contribution in [0.1, 0.15) is 17.4 Å². The maximum Gasteiger partial charge on any atom is 0.278 e. The minimum absolute atomic E-state index is 0.0223. The fourth-order valence-corrected chi connectivity index (χ4v) is 2.05. The van der Waals surface area contributed by atoms with Crippen LogP contribution in [-0.4, -0.2) is 11.1 Å². The van der Waals surface area contributed by atoms with Gasteiger partial charge in [-0.15, -0.1) is 0 Å². The molecule has 0 saturated carbocycles. The second kappa shape index (κ2) is 6.09. The standard InChI is InChI=1S/C16H12N2O4/c19-18(20)15-7-2-1-4-13(15)11-17-14-6-3-5-12(10-14)16-21-8-9-22-16/h1-11,16H. The normalized spacial score (nSPS) is 14.0. The van der Waals surface area contributed by atoms with E-state index in [4.69, 9.17) is 9.47 Å². The molecule has 3 rings (SSSR count). The fourth-order valence-electron chi connectivity index (χ4n) is 2.05. The molecule has 1 aliphatic heterocycles. The third-order valence-electron chi connectivity index (χ3n) is 3.09. The second-order valence-corrected chi connectivity index (χ2v) is 4.55. The molecule has 0 spiro atoms. The van der Waals surface area contributed by atoms with Gasteiger partial charge in [0.1, 0.15) is 12.5 Å². The van der Waals surface area contributed by atoms with Crippen LogP contribution in [0.15, 0.2) is 66.0 Å². The van der Waals surface area contributed by atoms with E-state index in [1.807, 2.05) is 18.2 Å². The lowest BCUT2D eigenvalue weighted by Gasteiger charge is -2.10. The molecule has 6 nitrogen and oxygen atoms in total. The first-order valence-corrected chi connectivity index (χ1v) is 6.57. The summed E-state index contributed by atoms with van der Waals surface area (Å²) >= 11 is 0. The number of ether oxygens (including phenoxy) is 2. The van der Waals surface area contributed by atoms with Gasteiger partial charge in [-0.05, 0) is 18.2 Å². The Kier molecular flexibility index (Phi) is 3.82. The Bertz CT molecular complexity index is 747. The van der Waals surface area contributed by atoms with Crippen LogP contribution < -0.4 is 0 Å². The Morgan fingerprint density at radius 2 is 1.86 bits per heavy atom. The third-order valence-corrected chi connectivity index (χ3v) is 3.09. The van der Waals surface area contributed by atoms with Crippen LogP contribution in [0.2, 0.25) is 0 Å². The van der Waals surface area contributed by atoms with E-state index in [1.54, 1.807) is 24.3 Å². The number of hydrogen-bond acceptors (Lipinski definition) is 5. The number of hydrogen-bond donors (Lipinski definition) is 0. The summed E-state index contributed by atoms with van der Waals surface area (Å²) in [5.74, 6) is 0. The number of benzene rings is 2. The summed E-state index contributed by atoms with van der Waals surface area (Å²) in [6.45, 7) is 0. The van der Waals surface area contributed by atoms with Gasteiger partial charge in [0.05, 0.1) is 16.2 Å². The first-order valence-electron chi connectivity index (χ1n) is 6.57. The maximum absolute atomic E-state index is 11.0. The van der Waals surface area contributed by atoms with Crippen molar-refractivity contribution in [2.75, 3.05) is 0 Å². The van der Waals surface area contributed by atoms with Crippen molar-refractivity contribution in [1.82, 2.24) is 0 Å². The number of nitro benzene ring substituents is 1. The van der Waals surface area contributed by atoms with Crippen LogP contribution in [0.4, 0.5) is 11.4 Å². The molecule has 0 amide bonds. The average Bonchev–Trinajstić information content (AvgIpc) is 3.08. The molecule has 2 aromatic carbocycles. The number of rotatable bonds is 4. The zero-order valence-electron chi connectivity index (χ0n) is 11.5. The molecule has 6 heteroatoms. The molecule has 0 aliphatic carbocycles. The van der Waals surface area contributed by atoms with Crippen LogP contribution in [0.5, 0.6) is 0 Å². The fraction of sp³-hybridized carbons (Fsp3) is 0.0625. The van der Waals surface area contributed by atoms with E-state index >= 15 is 0 Å². The largest absolute Gasteiger partial charge is 0.455 e. The molecule has 1 aliphatic rings. The highest BCUT2D eigenvalue weighted by atomic mass is 16.7. The van der Waals surface area contributed by atoms with Crippen molar-refractivity contribution in [1.29, 1.82) is 0 Å². The van der Waals surface area contributed by atoms with Gasteiger partial charge in [-0.1, -0.05) is 24.3 Å². The van der Waals surface area contributed by atoms with Crippen molar-refractivity contribution in [3.8, 4) is 0 Å². The molecule has 22 heavy (non-hydrogen) atoms. The van der Waals surface area contributed by atoms with Gasteiger partial charge in [-0.3, -0.25) is 15.1 Å². The Labute approximate surface area is 126 Å². The minimum Gasteiger partial charge on any atom is -0.455 e. The van der Waals surface area contributed by atoms with Crippen molar-refractivity contribution < 1.29 is 14.4 Å². The Balaban J connectivity index is 1.84. The Morgan fingerprint density at radius 1 is 1.09 bits per heavy atom. The van der Waals surface area contributed by atoms with Crippen LogP contribution in [-0.2, 0) is 9.47 Å². The van der Waals surface area contributed by atoms with Gasteiger partial charge in [0, 0.05) is 17.8 Å². The highest BCUT2D eigenvalue weighted by molar-refractivity contribution is 5.87. The summed E-state index contributed by atoms with van der Waals surface area (Å²) in [6.07, 6.45) is 3.97. The van der Waals surface area contributed by atoms with Crippen molar-refractivity contribution in [2.45, 2.75) is 6.29 Å². The first kappa shape index (κ1) is 13.8. The lowest BCUT2D eigenvalue weighted by Crippen LogP contribution is -1.97. The van der Waals surface area contributed by atoms with E-state index in [2.05, 4.69) is 4.99 Å². The molecular formula is C16H12N2O4. The maximum atomic E-state index is 11.0. The number of nitrogens with zero attached hydrogens (tertiary/aromatic N) is 2. The molecule has 0 radical (unpaired) electrons. The lowest BCUT2D eigenvalue weighted by atomic mass is 10.2. The molecule has 0 N–H and O–H groups in total. The van der Waals surface area contributed by atoms with Crippen LogP contribution >= 0.6 is 0 Å². The van der Waals surface area contributed by atoms with E-state index in [-0.39, 0.29) is 5.69 Å². The molecule has 1 heterocycles. The topological polar surface area (TPSA) is 74.0 Å². The number of nitro groups is 1. The minimum atomic E-state index is -0.471. The van der Waals surface area contributed by atoms with Gasteiger partial charge in [-0.2, -0.15) is 0 Å². The Morgan fingerprint density at radius 3 is 2.64 bits per heavy atom. The van der Waals surface area contributed by atoms with Crippen molar-refractivity contribution in [3.63, 3.8) is 0 Å².